The standard InChI is InChI=1S/C20H30N4O2.HI/c1-2-21-19(24-12-9-20(15-24)10-13-26-16-20)23-14-18(25)22-11-8-17-6-4-3-5-7-17;/h3-7H,2,8-16H2,1H3,(H,21,23)(H,22,25);1H. The molecule has 0 aliphatic carbocycles. The van der Waals surface area contributed by atoms with Gasteiger partial charge < -0.3 is 20.3 Å². The zero-order valence-electron chi connectivity index (χ0n) is 16.1. The van der Waals surface area contributed by atoms with E-state index in [4.69, 9.17) is 4.74 Å². The molecule has 150 valence electrons. The number of ether oxygens (including phenoxy) is 1. The van der Waals surface area contributed by atoms with Gasteiger partial charge in [0.2, 0.25) is 5.91 Å². The minimum atomic E-state index is -0.0329. The molecule has 2 aliphatic rings. The number of hydrogen-bond acceptors (Lipinski definition) is 3. The van der Waals surface area contributed by atoms with Crippen molar-refractivity contribution in [1.82, 2.24) is 15.5 Å². The van der Waals surface area contributed by atoms with Gasteiger partial charge in [0.1, 0.15) is 6.54 Å². The fourth-order valence-corrected chi connectivity index (χ4v) is 3.71. The molecule has 0 bridgehead atoms. The molecule has 7 heteroatoms. The molecule has 6 nitrogen and oxygen atoms in total. The van der Waals surface area contributed by atoms with E-state index < -0.39 is 0 Å². The van der Waals surface area contributed by atoms with Gasteiger partial charge in [0.25, 0.3) is 0 Å². The van der Waals surface area contributed by atoms with Gasteiger partial charge in [-0.3, -0.25) is 4.79 Å². The zero-order chi connectivity index (χ0) is 18.2. The van der Waals surface area contributed by atoms with Crippen molar-refractivity contribution in [1.29, 1.82) is 0 Å². The highest BCUT2D eigenvalue weighted by molar-refractivity contribution is 14.0. The van der Waals surface area contributed by atoms with Crippen molar-refractivity contribution in [2.45, 2.75) is 26.2 Å². The van der Waals surface area contributed by atoms with E-state index >= 15 is 0 Å². The van der Waals surface area contributed by atoms with Crippen molar-refractivity contribution in [2.75, 3.05) is 45.9 Å². The average Bonchev–Trinajstić information content (AvgIpc) is 3.30. The Hall–Kier alpha value is -1.35. The van der Waals surface area contributed by atoms with E-state index in [1.54, 1.807) is 0 Å². The van der Waals surface area contributed by atoms with Crippen molar-refractivity contribution in [3.8, 4) is 0 Å². The molecule has 2 fully saturated rings. The van der Waals surface area contributed by atoms with Gasteiger partial charge >= 0.3 is 0 Å². The Morgan fingerprint density at radius 2 is 2.07 bits per heavy atom. The van der Waals surface area contributed by atoms with Gasteiger partial charge in [-0.2, -0.15) is 0 Å². The zero-order valence-corrected chi connectivity index (χ0v) is 18.4. The molecule has 1 aromatic carbocycles. The number of nitrogens with one attached hydrogen (secondary N) is 2. The van der Waals surface area contributed by atoms with Crippen molar-refractivity contribution >= 4 is 35.8 Å². The maximum absolute atomic E-state index is 12.1. The number of rotatable bonds is 6. The van der Waals surface area contributed by atoms with Crippen molar-refractivity contribution in [2.24, 2.45) is 10.4 Å². The summed E-state index contributed by atoms with van der Waals surface area (Å²) in [6.07, 6.45) is 3.11. The van der Waals surface area contributed by atoms with Crippen molar-refractivity contribution in [3.63, 3.8) is 0 Å². The molecule has 1 aromatic rings. The molecule has 1 spiro atoms. The number of nitrogens with zero attached hydrogens (tertiary/aromatic N) is 2. The second-order valence-electron chi connectivity index (χ2n) is 7.23. The van der Waals surface area contributed by atoms with E-state index in [0.29, 0.717) is 6.54 Å². The second-order valence-corrected chi connectivity index (χ2v) is 7.23. The fraction of sp³-hybridized carbons (Fsp3) is 0.600. The molecule has 1 amide bonds. The first kappa shape index (κ1) is 21.9. The predicted octanol–water partition coefficient (Wildman–Crippen LogP) is 2.04. The monoisotopic (exact) mass is 486 g/mol. The highest BCUT2D eigenvalue weighted by atomic mass is 127. The molecule has 2 heterocycles. The average molecular weight is 486 g/mol. The second kappa shape index (κ2) is 10.8. The van der Waals surface area contributed by atoms with Crippen molar-refractivity contribution < 1.29 is 9.53 Å². The molecule has 2 N–H and O–H groups in total. The van der Waals surface area contributed by atoms with Crippen LogP contribution in [0.3, 0.4) is 0 Å². The normalized spacial score (nSPS) is 22.0. The number of carbonyl (C=O) groups excluding carboxylic acids is 1. The minimum Gasteiger partial charge on any atom is -0.381 e. The number of aliphatic imine (C=N–C) groups is 1. The molecule has 0 saturated carbocycles. The molecule has 1 unspecified atom stereocenters. The predicted molar refractivity (Wildman–Crippen MR) is 119 cm³/mol. The van der Waals surface area contributed by atoms with Gasteiger partial charge in [-0.25, -0.2) is 4.99 Å². The van der Waals surface area contributed by atoms with Crippen LogP contribution in [0.5, 0.6) is 0 Å². The number of likely N-dealkylation sites (tertiary alicyclic amines) is 1. The first-order valence-electron chi connectivity index (χ1n) is 9.62. The molecule has 3 rings (SSSR count). The molecule has 2 saturated heterocycles. The summed E-state index contributed by atoms with van der Waals surface area (Å²) in [6, 6.07) is 10.2. The lowest BCUT2D eigenvalue weighted by Gasteiger charge is -2.24. The Bertz CT molecular complexity index is 618. The number of halogens is 1. The largest absolute Gasteiger partial charge is 0.381 e. The van der Waals surface area contributed by atoms with E-state index in [1.165, 1.54) is 5.56 Å². The summed E-state index contributed by atoms with van der Waals surface area (Å²) in [5.41, 5.74) is 1.51. The quantitative estimate of drug-likeness (QED) is 0.367. The molecule has 27 heavy (non-hydrogen) atoms. The molecular formula is C20H31IN4O2. The van der Waals surface area contributed by atoms with Crippen LogP contribution in [0.4, 0.5) is 0 Å². The lowest BCUT2D eigenvalue weighted by Crippen LogP contribution is -2.42. The van der Waals surface area contributed by atoms with Gasteiger partial charge in [0.15, 0.2) is 5.96 Å². The first-order chi connectivity index (χ1) is 12.7. The maximum atomic E-state index is 12.1. The van der Waals surface area contributed by atoms with E-state index in [2.05, 4.69) is 39.6 Å². The van der Waals surface area contributed by atoms with Crippen LogP contribution in [0.25, 0.3) is 0 Å². The minimum absolute atomic E-state index is 0. The van der Waals surface area contributed by atoms with Gasteiger partial charge in [0.05, 0.1) is 6.61 Å². The Morgan fingerprint density at radius 1 is 1.26 bits per heavy atom. The first-order valence-corrected chi connectivity index (χ1v) is 9.62. The summed E-state index contributed by atoms with van der Waals surface area (Å²) in [4.78, 5) is 18.9. The summed E-state index contributed by atoms with van der Waals surface area (Å²) in [7, 11) is 0. The van der Waals surface area contributed by atoms with Crippen LogP contribution in [-0.4, -0.2) is 62.7 Å². The number of hydrogen-bond donors (Lipinski definition) is 2. The summed E-state index contributed by atoms with van der Waals surface area (Å²) < 4.78 is 5.60. The highest BCUT2D eigenvalue weighted by Gasteiger charge is 2.42. The van der Waals surface area contributed by atoms with Crippen molar-refractivity contribution in [3.05, 3.63) is 35.9 Å². The van der Waals surface area contributed by atoms with E-state index in [0.717, 1.165) is 58.1 Å². The van der Waals surface area contributed by atoms with Crippen LogP contribution in [0.15, 0.2) is 35.3 Å². The van der Waals surface area contributed by atoms with Crippen LogP contribution in [0.2, 0.25) is 0 Å². The molecule has 0 radical (unpaired) electrons. The molecular weight excluding hydrogens is 455 g/mol. The molecule has 2 aliphatic heterocycles. The third-order valence-electron chi connectivity index (χ3n) is 5.21. The van der Waals surface area contributed by atoms with Crippen LogP contribution >= 0.6 is 24.0 Å². The van der Waals surface area contributed by atoms with Crippen LogP contribution in [-0.2, 0) is 16.0 Å². The van der Waals surface area contributed by atoms with Gasteiger partial charge in [-0.1, -0.05) is 30.3 Å². The number of carbonyl (C=O) groups is 1. The Kier molecular flexibility index (Phi) is 8.82. The molecule has 0 aromatic heterocycles. The summed E-state index contributed by atoms with van der Waals surface area (Å²) >= 11 is 0. The molecule has 1 atom stereocenters. The Morgan fingerprint density at radius 3 is 2.78 bits per heavy atom. The summed E-state index contributed by atoms with van der Waals surface area (Å²) in [5.74, 6) is 0.809. The SMILES string of the molecule is CCNC(=NCC(=O)NCCc1ccccc1)N1CCC2(CCOC2)C1.I. The number of amides is 1. The highest BCUT2D eigenvalue weighted by Crippen LogP contribution is 2.38. The summed E-state index contributed by atoms with van der Waals surface area (Å²) in [6.45, 7) is 7.32. The van der Waals surface area contributed by atoms with E-state index in [-0.39, 0.29) is 41.8 Å². The fourth-order valence-electron chi connectivity index (χ4n) is 3.71. The van der Waals surface area contributed by atoms with Crippen LogP contribution < -0.4 is 10.6 Å². The third-order valence-corrected chi connectivity index (χ3v) is 5.21. The van der Waals surface area contributed by atoms with Crippen LogP contribution in [0, 0.1) is 5.41 Å². The van der Waals surface area contributed by atoms with E-state index in [9.17, 15) is 4.79 Å². The maximum Gasteiger partial charge on any atom is 0.241 e. The number of benzene rings is 1. The lowest BCUT2D eigenvalue weighted by atomic mass is 9.87. The smallest absolute Gasteiger partial charge is 0.241 e. The van der Waals surface area contributed by atoms with Crippen LogP contribution in [0.1, 0.15) is 25.3 Å². The Labute approximate surface area is 179 Å². The topological polar surface area (TPSA) is 66.0 Å². The van der Waals surface area contributed by atoms with Gasteiger partial charge in [0, 0.05) is 38.2 Å². The number of guanidine groups is 1. The lowest BCUT2D eigenvalue weighted by molar-refractivity contribution is -0.119. The van der Waals surface area contributed by atoms with E-state index in [1.807, 2.05) is 18.2 Å². The van der Waals surface area contributed by atoms with Gasteiger partial charge in [-0.05, 0) is 31.7 Å². The third kappa shape index (κ3) is 6.34. The Balaban J connectivity index is 0.00000261. The van der Waals surface area contributed by atoms with Gasteiger partial charge in [-0.15, -0.1) is 24.0 Å². The summed E-state index contributed by atoms with van der Waals surface area (Å²) in [5, 5.41) is 6.28.